The summed E-state index contributed by atoms with van der Waals surface area (Å²) in [5.41, 5.74) is 3.36. The third-order valence-electron chi connectivity index (χ3n) is 4.41. The Morgan fingerprint density at radius 2 is 1.70 bits per heavy atom. The standard InChI is InChI=1S/C21H14F4N4O/c22-17-3-1-12(2-4-17)18-7-13-5-15(10-27-19(13)29-18)14-6-16(9-26-8-14)20(30)28-11-21(23,24)25/h1-10H,11H2,(H,27,29)(H,28,30). The summed E-state index contributed by atoms with van der Waals surface area (Å²) in [5, 5.41) is 2.60. The van der Waals surface area contributed by atoms with E-state index in [9.17, 15) is 22.4 Å². The van der Waals surface area contributed by atoms with E-state index in [0.717, 1.165) is 16.6 Å². The molecule has 3 heterocycles. The maximum absolute atomic E-state index is 13.1. The van der Waals surface area contributed by atoms with Crippen LogP contribution in [0.25, 0.3) is 33.4 Å². The molecule has 2 N–H and O–H groups in total. The van der Waals surface area contributed by atoms with Crippen LogP contribution in [0.5, 0.6) is 0 Å². The predicted octanol–water partition coefficient (Wildman–Crippen LogP) is 4.72. The molecule has 0 fully saturated rings. The van der Waals surface area contributed by atoms with Crippen LogP contribution in [0.1, 0.15) is 10.4 Å². The first-order valence-corrected chi connectivity index (χ1v) is 8.83. The van der Waals surface area contributed by atoms with Gasteiger partial charge in [-0.2, -0.15) is 13.2 Å². The predicted molar refractivity (Wildman–Crippen MR) is 103 cm³/mol. The molecule has 5 nitrogen and oxygen atoms in total. The highest BCUT2D eigenvalue weighted by Gasteiger charge is 2.28. The van der Waals surface area contributed by atoms with Gasteiger partial charge < -0.3 is 10.3 Å². The molecule has 9 heteroatoms. The quantitative estimate of drug-likeness (QED) is 0.475. The van der Waals surface area contributed by atoms with Crippen molar-refractivity contribution in [3.05, 3.63) is 72.4 Å². The number of nitrogens with one attached hydrogen (secondary N) is 2. The fourth-order valence-electron chi connectivity index (χ4n) is 2.96. The summed E-state index contributed by atoms with van der Waals surface area (Å²) in [5.74, 6) is -1.20. The summed E-state index contributed by atoms with van der Waals surface area (Å²) in [4.78, 5) is 23.4. The first-order valence-electron chi connectivity index (χ1n) is 8.83. The van der Waals surface area contributed by atoms with Gasteiger partial charge in [-0.05, 0) is 48.0 Å². The number of H-pyrrole nitrogens is 1. The van der Waals surface area contributed by atoms with Gasteiger partial charge in [0.2, 0.25) is 0 Å². The van der Waals surface area contributed by atoms with E-state index in [0.29, 0.717) is 16.8 Å². The van der Waals surface area contributed by atoms with Gasteiger partial charge in [0.05, 0.1) is 5.56 Å². The van der Waals surface area contributed by atoms with E-state index in [2.05, 4.69) is 15.0 Å². The number of aromatic nitrogens is 3. The summed E-state index contributed by atoms with van der Waals surface area (Å²) in [7, 11) is 0. The van der Waals surface area contributed by atoms with Crippen molar-refractivity contribution in [3.8, 4) is 22.4 Å². The van der Waals surface area contributed by atoms with E-state index in [1.807, 2.05) is 17.4 Å². The molecule has 1 aromatic carbocycles. The van der Waals surface area contributed by atoms with Crippen LogP contribution in [-0.2, 0) is 0 Å². The van der Waals surface area contributed by atoms with Crippen LogP contribution in [0.15, 0.2) is 61.1 Å². The lowest BCUT2D eigenvalue weighted by Gasteiger charge is -2.09. The van der Waals surface area contributed by atoms with Crippen molar-refractivity contribution in [2.75, 3.05) is 6.54 Å². The monoisotopic (exact) mass is 414 g/mol. The second kappa shape index (κ2) is 7.58. The average molecular weight is 414 g/mol. The fourth-order valence-corrected chi connectivity index (χ4v) is 2.96. The number of carbonyl (C=O) groups excluding carboxylic acids is 1. The van der Waals surface area contributed by atoms with Crippen LogP contribution in [0.3, 0.4) is 0 Å². The van der Waals surface area contributed by atoms with E-state index in [1.165, 1.54) is 30.6 Å². The molecule has 4 rings (SSSR count). The molecule has 0 spiro atoms. The van der Waals surface area contributed by atoms with Gasteiger partial charge in [0, 0.05) is 40.8 Å². The molecule has 0 bridgehead atoms. The number of alkyl halides is 3. The van der Waals surface area contributed by atoms with Gasteiger partial charge in [0.25, 0.3) is 5.91 Å². The largest absolute Gasteiger partial charge is 0.405 e. The number of carbonyl (C=O) groups is 1. The van der Waals surface area contributed by atoms with Crippen LogP contribution >= 0.6 is 0 Å². The summed E-state index contributed by atoms with van der Waals surface area (Å²) in [6.07, 6.45) is -0.227. The lowest BCUT2D eigenvalue weighted by atomic mass is 10.1. The Morgan fingerprint density at radius 3 is 2.43 bits per heavy atom. The molecule has 0 aliphatic carbocycles. The maximum atomic E-state index is 13.1. The van der Waals surface area contributed by atoms with Crippen molar-refractivity contribution >= 4 is 16.9 Å². The number of rotatable bonds is 4. The zero-order valence-corrected chi connectivity index (χ0v) is 15.3. The smallest absolute Gasteiger partial charge is 0.343 e. The Morgan fingerprint density at radius 1 is 0.967 bits per heavy atom. The number of benzene rings is 1. The Balaban J connectivity index is 1.62. The first-order chi connectivity index (χ1) is 14.3. The normalized spacial score (nSPS) is 11.6. The topological polar surface area (TPSA) is 70.7 Å². The molecule has 0 saturated heterocycles. The van der Waals surface area contributed by atoms with Crippen molar-refractivity contribution in [3.63, 3.8) is 0 Å². The van der Waals surface area contributed by atoms with Gasteiger partial charge in [-0.15, -0.1) is 0 Å². The SMILES string of the molecule is O=C(NCC(F)(F)F)c1cncc(-c2cnc3[nH]c(-c4ccc(F)cc4)cc3c2)c1. The minimum atomic E-state index is -4.49. The summed E-state index contributed by atoms with van der Waals surface area (Å²) < 4.78 is 50.1. The highest BCUT2D eigenvalue weighted by atomic mass is 19.4. The molecule has 0 unspecified atom stereocenters. The van der Waals surface area contributed by atoms with Gasteiger partial charge in [0.15, 0.2) is 0 Å². The van der Waals surface area contributed by atoms with Crippen molar-refractivity contribution in [1.29, 1.82) is 0 Å². The minimum absolute atomic E-state index is 0.0120. The number of amides is 1. The second-order valence-electron chi connectivity index (χ2n) is 6.61. The summed E-state index contributed by atoms with van der Waals surface area (Å²) in [6.45, 7) is -1.42. The third-order valence-corrected chi connectivity index (χ3v) is 4.41. The molecular weight excluding hydrogens is 400 g/mol. The van der Waals surface area contributed by atoms with Crippen molar-refractivity contribution in [1.82, 2.24) is 20.3 Å². The molecule has 1 amide bonds. The fraction of sp³-hybridized carbons (Fsp3) is 0.0952. The van der Waals surface area contributed by atoms with Gasteiger partial charge in [0.1, 0.15) is 18.0 Å². The van der Waals surface area contributed by atoms with Crippen molar-refractivity contribution in [2.24, 2.45) is 0 Å². The average Bonchev–Trinajstić information content (AvgIpc) is 3.15. The van der Waals surface area contributed by atoms with Crippen LogP contribution in [-0.4, -0.2) is 33.6 Å². The van der Waals surface area contributed by atoms with Gasteiger partial charge >= 0.3 is 6.18 Å². The van der Waals surface area contributed by atoms with Crippen molar-refractivity contribution < 1.29 is 22.4 Å². The number of pyridine rings is 2. The molecule has 30 heavy (non-hydrogen) atoms. The zero-order chi connectivity index (χ0) is 21.3. The van der Waals surface area contributed by atoms with E-state index in [4.69, 9.17) is 0 Å². The lowest BCUT2D eigenvalue weighted by molar-refractivity contribution is -0.123. The van der Waals surface area contributed by atoms with Crippen LogP contribution in [0.2, 0.25) is 0 Å². The van der Waals surface area contributed by atoms with Gasteiger partial charge in [-0.25, -0.2) is 9.37 Å². The molecular formula is C21H14F4N4O. The number of aromatic amines is 1. The second-order valence-corrected chi connectivity index (χ2v) is 6.61. The highest BCUT2D eigenvalue weighted by Crippen LogP contribution is 2.27. The maximum Gasteiger partial charge on any atom is 0.405 e. The number of halogens is 4. The molecule has 0 aliphatic rings. The number of fused-ring (bicyclic) bond motifs is 1. The molecule has 3 aromatic heterocycles. The van der Waals surface area contributed by atoms with Crippen molar-refractivity contribution in [2.45, 2.75) is 6.18 Å². The molecule has 0 radical (unpaired) electrons. The van der Waals surface area contributed by atoms with E-state index in [-0.39, 0.29) is 11.4 Å². The Hall–Kier alpha value is -3.75. The first kappa shape index (κ1) is 19.6. The zero-order valence-electron chi connectivity index (χ0n) is 15.3. The highest BCUT2D eigenvalue weighted by molar-refractivity contribution is 5.95. The Kier molecular flexibility index (Phi) is 4.94. The summed E-state index contributed by atoms with van der Waals surface area (Å²) >= 11 is 0. The number of nitrogens with zero attached hydrogens (tertiary/aromatic N) is 2. The van der Waals surface area contributed by atoms with E-state index < -0.39 is 18.6 Å². The molecule has 0 atom stereocenters. The van der Waals surface area contributed by atoms with Gasteiger partial charge in [-0.3, -0.25) is 9.78 Å². The van der Waals surface area contributed by atoms with Gasteiger partial charge in [-0.1, -0.05) is 0 Å². The van der Waals surface area contributed by atoms with Crippen LogP contribution < -0.4 is 5.32 Å². The van der Waals surface area contributed by atoms with Crippen LogP contribution in [0, 0.1) is 5.82 Å². The van der Waals surface area contributed by atoms with E-state index >= 15 is 0 Å². The minimum Gasteiger partial charge on any atom is -0.343 e. The molecule has 0 aliphatic heterocycles. The molecule has 0 saturated carbocycles. The Labute approximate surface area is 167 Å². The Bertz CT molecular complexity index is 1220. The number of hydrogen-bond donors (Lipinski definition) is 2. The number of hydrogen-bond acceptors (Lipinski definition) is 3. The lowest BCUT2D eigenvalue weighted by Crippen LogP contribution is -2.33. The molecule has 4 aromatic rings. The van der Waals surface area contributed by atoms with E-state index in [1.54, 1.807) is 18.3 Å². The summed E-state index contributed by atoms with van der Waals surface area (Å²) in [6, 6.07) is 11.1. The third kappa shape index (κ3) is 4.29. The molecule has 152 valence electrons. The van der Waals surface area contributed by atoms with Crippen LogP contribution in [0.4, 0.5) is 17.6 Å².